The van der Waals surface area contributed by atoms with Crippen LogP contribution in [0.5, 0.6) is 0 Å². The Kier molecular flexibility index (Phi) is 3.21. The fourth-order valence-corrected chi connectivity index (χ4v) is 8.26. The first-order chi connectivity index (χ1) is 10.3. The van der Waals surface area contributed by atoms with Gasteiger partial charge in [-0.1, -0.05) is 0 Å². The SMILES string of the molecule is CN(C(=O)C1C2CC3CC(C2)CC1C3)[C@@]1(C)CCS(=O)(=O)C1. The zero-order valence-electron chi connectivity index (χ0n) is 13.6. The van der Waals surface area contributed by atoms with Gasteiger partial charge < -0.3 is 4.90 Å². The number of rotatable bonds is 2. The quantitative estimate of drug-likeness (QED) is 0.781. The smallest absolute Gasteiger partial charge is 0.226 e. The van der Waals surface area contributed by atoms with Crippen LogP contribution in [-0.2, 0) is 14.6 Å². The Balaban J connectivity index is 1.55. The van der Waals surface area contributed by atoms with Crippen molar-refractivity contribution in [2.75, 3.05) is 18.6 Å². The predicted molar refractivity (Wildman–Crippen MR) is 85.0 cm³/mol. The standard InChI is InChI=1S/C17H27NO3S/c1-17(3-4-22(20,21)10-17)18(2)16(19)15-13-6-11-5-12(8-13)9-14(15)7-11/h11-15H,3-10H2,1-2H3/t11?,12?,13?,14?,15?,17-/m0/s1. The average Bonchev–Trinajstić information content (AvgIpc) is 2.71. The molecule has 4 saturated carbocycles. The van der Waals surface area contributed by atoms with Gasteiger partial charge in [-0.3, -0.25) is 4.79 Å². The van der Waals surface area contributed by atoms with Gasteiger partial charge in [0.1, 0.15) is 0 Å². The van der Waals surface area contributed by atoms with Crippen LogP contribution in [0.3, 0.4) is 0 Å². The predicted octanol–water partition coefficient (Wildman–Crippen LogP) is 2.09. The molecule has 1 amide bonds. The van der Waals surface area contributed by atoms with Crippen molar-refractivity contribution in [3.8, 4) is 0 Å². The monoisotopic (exact) mass is 325 g/mol. The second-order valence-electron chi connectivity index (χ2n) is 8.69. The molecule has 1 saturated heterocycles. The Morgan fingerprint density at radius 1 is 1.05 bits per heavy atom. The summed E-state index contributed by atoms with van der Waals surface area (Å²) >= 11 is 0. The summed E-state index contributed by atoms with van der Waals surface area (Å²) in [5, 5.41) is 0. The van der Waals surface area contributed by atoms with Crippen LogP contribution in [0.1, 0.15) is 45.4 Å². The highest BCUT2D eigenvalue weighted by molar-refractivity contribution is 7.91. The van der Waals surface area contributed by atoms with E-state index in [-0.39, 0.29) is 23.3 Å². The van der Waals surface area contributed by atoms with Crippen molar-refractivity contribution < 1.29 is 13.2 Å². The van der Waals surface area contributed by atoms with E-state index in [9.17, 15) is 13.2 Å². The molecule has 1 atom stereocenters. The lowest BCUT2D eigenvalue weighted by Crippen LogP contribution is -2.56. The number of carbonyl (C=O) groups excluding carboxylic acids is 1. The third-order valence-electron chi connectivity index (χ3n) is 7.13. The first-order valence-corrected chi connectivity index (χ1v) is 10.6. The van der Waals surface area contributed by atoms with Gasteiger partial charge in [0.05, 0.1) is 17.0 Å². The fourth-order valence-electron chi connectivity index (χ4n) is 6.08. The average molecular weight is 325 g/mol. The van der Waals surface area contributed by atoms with Crippen LogP contribution in [0.2, 0.25) is 0 Å². The van der Waals surface area contributed by atoms with Gasteiger partial charge >= 0.3 is 0 Å². The molecule has 5 heteroatoms. The zero-order chi connectivity index (χ0) is 15.7. The minimum Gasteiger partial charge on any atom is -0.339 e. The lowest BCUT2D eigenvalue weighted by Gasteiger charge is -2.55. The van der Waals surface area contributed by atoms with Crippen molar-refractivity contribution in [2.24, 2.45) is 29.6 Å². The zero-order valence-corrected chi connectivity index (χ0v) is 14.4. The van der Waals surface area contributed by atoms with Gasteiger partial charge in [0.25, 0.3) is 0 Å². The lowest BCUT2D eigenvalue weighted by molar-refractivity contribution is -0.152. The second-order valence-corrected chi connectivity index (χ2v) is 10.9. The first-order valence-electron chi connectivity index (χ1n) is 8.75. The number of hydrogen-bond donors (Lipinski definition) is 0. The van der Waals surface area contributed by atoms with Crippen molar-refractivity contribution in [2.45, 2.75) is 51.0 Å². The van der Waals surface area contributed by atoms with Gasteiger partial charge in [0.15, 0.2) is 9.84 Å². The van der Waals surface area contributed by atoms with Gasteiger partial charge in [-0.2, -0.15) is 0 Å². The van der Waals surface area contributed by atoms with Gasteiger partial charge in [0, 0.05) is 13.0 Å². The summed E-state index contributed by atoms with van der Waals surface area (Å²) in [6.07, 6.45) is 6.89. The Morgan fingerprint density at radius 2 is 1.59 bits per heavy atom. The van der Waals surface area contributed by atoms with Crippen molar-refractivity contribution in [3.05, 3.63) is 0 Å². The van der Waals surface area contributed by atoms with Crippen molar-refractivity contribution in [3.63, 3.8) is 0 Å². The van der Waals surface area contributed by atoms with E-state index in [2.05, 4.69) is 0 Å². The van der Waals surface area contributed by atoms with E-state index < -0.39 is 15.4 Å². The summed E-state index contributed by atoms with van der Waals surface area (Å²) in [6.45, 7) is 1.95. The maximum atomic E-state index is 13.2. The Labute approximate surface area is 133 Å². The minimum atomic E-state index is -2.98. The normalized spacial score (nSPS) is 48.5. The largest absolute Gasteiger partial charge is 0.339 e. The van der Waals surface area contributed by atoms with Crippen molar-refractivity contribution in [1.82, 2.24) is 4.90 Å². The third-order valence-corrected chi connectivity index (χ3v) is 9.02. The number of sulfone groups is 1. The van der Waals surface area contributed by atoms with E-state index in [1.54, 1.807) is 0 Å². The molecule has 4 nitrogen and oxygen atoms in total. The molecule has 0 aromatic rings. The molecular weight excluding hydrogens is 298 g/mol. The Bertz CT molecular complexity index is 571. The molecule has 0 unspecified atom stereocenters. The molecule has 5 aliphatic rings. The van der Waals surface area contributed by atoms with E-state index in [1.807, 2.05) is 18.9 Å². The molecule has 1 aliphatic heterocycles. The van der Waals surface area contributed by atoms with E-state index in [1.165, 1.54) is 32.1 Å². The molecule has 5 rings (SSSR count). The number of hydrogen-bond acceptors (Lipinski definition) is 3. The summed E-state index contributed by atoms with van der Waals surface area (Å²) in [6, 6.07) is 0. The molecule has 0 N–H and O–H groups in total. The molecule has 0 spiro atoms. The van der Waals surface area contributed by atoms with E-state index in [0.29, 0.717) is 18.3 Å². The molecule has 0 radical (unpaired) electrons. The highest BCUT2D eigenvalue weighted by atomic mass is 32.2. The van der Waals surface area contributed by atoms with Crippen LogP contribution in [0.15, 0.2) is 0 Å². The van der Waals surface area contributed by atoms with E-state index in [0.717, 1.165) is 11.8 Å². The van der Waals surface area contributed by atoms with E-state index in [4.69, 9.17) is 0 Å². The van der Waals surface area contributed by atoms with E-state index >= 15 is 0 Å². The van der Waals surface area contributed by atoms with Crippen LogP contribution in [0.25, 0.3) is 0 Å². The van der Waals surface area contributed by atoms with Crippen LogP contribution in [0.4, 0.5) is 0 Å². The summed E-state index contributed by atoms with van der Waals surface area (Å²) in [5.41, 5.74) is -0.495. The summed E-state index contributed by atoms with van der Waals surface area (Å²) < 4.78 is 23.7. The van der Waals surface area contributed by atoms with Crippen molar-refractivity contribution in [1.29, 1.82) is 0 Å². The first kappa shape index (κ1) is 15.0. The Morgan fingerprint density at radius 3 is 2.05 bits per heavy atom. The number of carbonyl (C=O) groups is 1. The summed E-state index contributed by atoms with van der Waals surface area (Å²) in [5.74, 6) is 3.60. The molecule has 1 heterocycles. The van der Waals surface area contributed by atoms with Gasteiger partial charge in [-0.15, -0.1) is 0 Å². The molecule has 4 bridgehead atoms. The molecule has 0 aromatic heterocycles. The van der Waals surface area contributed by atoms with Crippen molar-refractivity contribution >= 4 is 15.7 Å². The van der Waals surface area contributed by atoms with Gasteiger partial charge in [-0.25, -0.2) is 8.42 Å². The van der Waals surface area contributed by atoms with Gasteiger partial charge in [0.2, 0.25) is 5.91 Å². The van der Waals surface area contributed by atoms with Crippen LogP contribution >= 0.6 is 0 Å². The van der Waals surface area contributed by atoms with Crippen LogP contribution in [-0.4, -0.2) is 43.3 Å². The van der Waals surface area contributed by atoms with Crippen LogP contribution < -0.4 is 0 Å². The molecule has 4 aliphatic carbocycles. The fraction of sp³-hybridized carbons (Fsp3) is 0.941. The molecule has 22 heavy (non-hydrogen) atoms. The topological polar surface area (TPSA) is 54.5 Å². The molecule has 124 valence electrons. The lowest BCUT2D eigenvalue weighted by atomic mass is 9.51. The maximum Gasteiger partial charge on any atom is 0.226 e. The molecule has 5 fully saturated rings. The summed E-state index contributed by atoms with van der Waals surface area (Å²) in [4.78, 5) is 15.0. The summed E-state index contributed by atoms with van der Waals surface area (Å²) in [7, 11) is -1.14. The molecular formula is C17H27NO3S. The maximum absolute atomic E-state index is 13.2. The van der Waals surface area contributed by atoms with Crippen LogP contribution in [0, 0.1) is 29.6 Å². The number of nitrogens with zero attached hydrogens (tertiary/aromatic N) is 1. The van der Waals surface area contributed by atoms with Gasteiger partial charge in [-0.05, 0) is 69.1 Å². The number of amides is 1. The minimum absolute atomic E-state index is 0.134. The third kappa shape index (κ3) is 2.22. The Hall–Kier alpha value is -0.580. The second kappa shape index (κ2) is 4.71. The highest BCUT2D eigenvalue weighted by Gasteiger charge is 2.53. The molecule has 0 aromatic carbocycles. The highest BCUT2D eigenvalue weighted by Crippen LogP contribution is 2.57.